The summed E-state index contributed by atoms with van der Waals surface area (Å²) >= 11 is 0. The first-order valence-corrected chi connectivity index (χ1v) is 9.42. The number of Topliss-reactive ketones (excluding diaryl/α,β-unsaturated/α-hetero) is 1. The molecule has 176 valence electrons. The van der Waals surface area contributed by atoms with Gasteiger partial charge in [-0.25, -0.2) is 0 Å². The van der Waals surface area contributed by atoms with Gasteiger partial charge in [0, 0.05) is 11.1 Å². The van der Waals surface area contributed by atoms with Crippen LogP contribution < -0.4 is 0 Å². The Hall–Kier alpha value is -5.57. The number of allylic oxidation sites excluding steroid dienone is 1. The lowest BCUT2D eigenvalue weighted by Gasteiger charge is -2.06. The normalized spacial score (nSPS) is 10.4. The van der Waals surface area contributed by atoms with Gasteiger partial charge in [0.05, 0.1) is 5.56 Å². The van der Waals surface area contributed by atoms with Crippen molar-refractivity contribution in [2.45, 2.75) is 0 Å². The zero-order valence-corrected chi connectivity index (χ0v) is 17.8. The van der Waals surface area contributed by atoms with Crippen molar-refractivity contribution in [2.24, 2.45) is 0 Å². The fraction of sp³-hybridized carbons (Fsp3) is 0. The maximum absolute atomic E-state index is 12.0. The predicted octanol–water partition coefficient (Wildman–Crippen LogP) is 5.24. The van der Waals surface area contributed by atoms with Crippen molar-refractivity contribution in [1.29, 1.82) is 5.53 Å². The molecule has 0 unspecified atom stereocenters. The molecule has 4 rings (SSSR count). The summed E-state index contributed by atoms with van der Waals surface area (Å²) in [6, 6.07) is 17.9. The third-order valence-electron chi connectivity index (χ3n) is 4.25. The molecular formula is C23H17N6O6-. The van der Waals surface area contributed by atoms with Crippen LogP contribution in [0.5, 0.6) is 17.2 Å². The average Bonchev–Trinajstić information content (AvgIpc) is 2.87. The van der Waals surface area contributed by atoms with Crippen molar-refractivity contribution in [2.75, 3.05) is 0 Å². The fourth-order valence-electron chi connectivity index (χ4n) is 2.72. The number of carbonyl (C=O) groups is 3. The molecule has 0 bridgehead atoms. The average molecular weight is 473 g/mol. The number of nitrogens with one attached hydrogen (secondary N) is 1. The maximum atomic E-state index is 12.0. The van der Waals surface area contributed by atoms with Crippen LogP contribution in [0.4, 0.5) is 0 Å². The molecule has 0 atom stereocenters. The Bertz CT molecular complexity index is 1310. The Morgan fingerprint density at radius 1 is 0.771 bits per heavy atom. The minimum Gasteiger partial charge on any atom is -0.504 e. The number of phenolic OH excluding ortho intramolecular Hbond substituents is 3. The molecule has 0 spiro atoms. The second kappa shape index (κ2) is 13.8. The molecule has 0 aliphatic heterocycles. The Morgan fingerprint density at radius 3 is 1.91 bits per heavy atom. The van der Waals surface area contributed by atoms with E-state index in [1.54, 1.807) is 53.5 Å². The summed E-state index contributed by atoms with van der Waals surface area (Å²) in [4.78, 5) is 37.4. The lowest BCUT2D eigenvalue weighted by atomic mass is 9.96. The highest BCUT2D eigenvalue weighted by atomic mass is 16.3. The maximum Gasteiger partial charge on any atom is 0.233 e. The molecule has 0 amide bonds. The molecule has 1 aliphatic carbocycles. The molecule has 35 heavy (non-hydrogen) atoms. The van der Waals surface area contributed by atoms with Crippen LogP contribution in [0.1, 0.15) is 31.8 Å². The molecule has 0 saturated heterocycles. The van der Waals surface area contributed by atoms with E-state index in [1.165, 1.54) is 17.1 Å². The number of nitrogens with zero attached hydrogens (tertiary/aromatic N) is 5. The van der Waals surface area contributed by atoms with Crippen LogP contribution in [0, 0.1) is 5.53 Å². The zero-order chi connectivity index (χ0) is 26.4. The summed E-state index contributed by atoms with van der Waals surface area (Å²) in [5, 5.41) is 28.1. The van der Waals surface area contributed by atoms with Crippen LogP contribution in [0.15, 0.2) is 72.8 Å². The summed E-state index contributed by atoms with van der Waals surface area (Å²) < 4.78 is 0. The van der Waals surface area contributed by atoms with E-state index in [0.717, 1.165) is 11.6 Å². The highest BCUT2D eigenvalue weighted by Gasteiger charge is 2.19. The van der Waals surface area contributed by atoms with E-state index in [1.807, 2.05) is 12.1 Å². The van der Waals surface area contributed by atoms with E-state index in [4.69, 9.17) is 27.2 Å². The summed E-state index contributed by atoms with van der Waals surface area (Å²) in [5.41, 5.74) is 27.4. The Balaban J connectivity index is 0.000000296. The highest BCUT2D eigenvalue weighted by molar-refractivity contribution is 6.49. The summed E-state index contributed by atoms with van der Waals surface area (Å²) in [7, 11) is 0. The van der Waals surface area contributed by atoms with Crippen molar-refractivity contribution in [3.05, 3.63) is 121 Å². The number of aromatic hydroxyl groups is 3. The molecule has 3 aromatic rings. The number of phenols is 3. The second-order valence-electron chi connectivity index (χ2n) is 6.33. The van der Waals surface area contributed by atoms with Crippen LogP contribution in [0.25, 0.3) is 32.5 Å². The molecule has 0 radical (unpaired) electrons. The fourth-order valence-corrected chi connectivity index (χ4v) is 2.72. The van der Waals surface area contributed by atoms with Gasteiger partial charge in [-0.2, -0.15) is 0 Å². The molecule has 12 nitrogen and oxygen atoms in total. The van der Waals surface area contributed by atoms with Gasteiger partial charge in [0.15, 0.2) is 17.3 Å². The minimum atomic E-state index is -0.688. The number of rotatable bonds is 2. The van der Waals surface area contributed by atoms with Gasteiger partial charge in [0.2, 0.25) is 17.3 Å². The van der Waals surface area contributed by atoms with E-state index in [2.05, 4.69) is 0 Å². The number of benzene rings is 3. The number of hydrogen-bond donors (Lipinski definition) is 4. The van der Waals surface area contributed by atoms with E-state index in [0.29, 0.717) is 11.1 Å². The molecule has 0 fully saturated rings. The Morgan fingerprint density at radius 2 is 1.31 bits per heavy atom. The van der Waals surface area contributed by atoms with E-state index in [-0.39, 0.29) is 5.56 Å². The molecule has 0 saturated carbocycles. The quantitative estimate of drug-likeness (QED) is 0.0969. The van der Waals surface area contributed by atoms with Crippen LogP contribution >= 0.6 is 0 Å². The van der Waals surface area contributed by atoms with Crippen LogP contribution in [-0.4, -0.2) is 32.7 Å². The molecule has 12 heteroatoms. The summed E-state index contributed by atoms with van der Waals surface area (Å²) in [6.45, 7) is 0. The van der Waals surface area contributed by atoms with Gasteiger partial charge >= 0.3 is 0 Å². The van der Waals surface area contributed by atoms with Crippen molar-refractivity contribution < 1.29 is 29.7 Å². The van der Waals surface area contributed by atoms with Crippen molar-refractivity contribution in [3.8, 4) is 17.2 Å². The van der Waals surface area contributed by atoms with Gasteiger partial charge in [-0.1, -0.05) is 60.7 Å². The van der Waals surface area contributed by atoms with Gasteiger partial charge in [-0.3, -0.25) is 19.3 Å². The first-order chi connectivity index (χ1) is 16.7. The first kappa shape index (κ1) is 27.5. The van der Waals surface area contributed by atoms with Crippen molar-refractivity contribution in [3.63, 3.8) is 0 Å². The molecular weight excluding hydrogens is 456 g/mol. The van der Waals surface area contributed by atoms with Crippen LogP contribution in [-0.2, 0) is 4.79 Å². The van der Waals surface area contributed by atoms with E-state index in [9.17, 15) is 24.6 Å². The van der Waals surface area contributed by atoms with Gasteiger partial charge in [0.1, 0.15) is 0 Å². The van der Waals surface area contributed by atoms with Crippen LogP contribution in [0.3, 0.4) is 0 Å². The summed E-state index contributed by atoms with van der Waals surface area (Å²) in [6.07, 6.45) is 2.98. The van der Waals surface area contributed by atoms with Gasteiger partial charge in [-0.15, -0.1) is 5.53 Å². The molecule has 0 aromatic heterocycles. The number of fused-ring (bicyclic) bond motifs is 1. The lowest BCUT2D eigenvalue weighted by molar-refractivity contribution is -0.110. The molecule has 4 N–H and O–H groups in total. The van der Waals surface area contributed by atoms with Gasteiger partial charge in [0.25, 0.3) is 0 Å². The Kier molecular flexibility index (Phi) is 10.8. The second-order valence-corrected chi connectivity index (χ2v) is 6.33. The van der Waals surface area contributed by atoms with E-state index < -0.39 is 34.6 Å². The SMILES string of the molecule is O=C(c1ccccc1)c1ccc(O)c(O)c1O.O=C1C=Cc2ccccc2C1=O.[N-]=[N+]=N.[N-]=[N+]=[N-]. The number of ketones is 3. The number of hydrogen-bond acceptors (Lipinski definition) is 7. The zero-order valence-electron chi connectivity index (χ0n) is 17.8. The van der Waals surface area contributed by atoms with Crippen molar-refractivity contribution >= 4 is 23.4 Å². The smallest absolute Gasteiger partial charge is 0.233 e. The predicted molar refractivity (Wildman–Crippen MR) is 126 cm³/mol. The van der Waals surface area contributed by atoms with Crippen LogP contribution in [0.2, 0.25) is 0 Å². The molecule has 1 aliphatic rings. The topological polar surface area (TPSA) is 231 Å². The first-order valence-electron chi connectivity index (χ1n) is 9.42. The number of carbonyl (C=O) groups excluding carboxylic acids is 3. The van der Waals surface area contributed by atoms with E-state index >= 15 is 0 Å². The highest BCUT2D eigenvalue weighted by Crippen LogP contribution is 2.37. The third-order valence-corrected chi connectivity index (χ3v) is 4.25. The standard InChI is InChI=1S/C13H10O4.C10H6O2.HN3.N3/c14-10-7-6-9(12(16)13(10)17)11(15)8-4-2-1-3-5-8;11-9-6-5-7-3-1-2-4-8(7)10(9)12;2*1-3-2/h1-7,14,16-17H;1-6H;1H;/q;;;-1. The minimum absolute atomic E-state index is 0.0495. The van der Waals surface area contributed by atoms with Gasteiger partial charge < -0.3 is 26.4 Å². The molecule has 3 aromatic carbocycles. The monoisotopic (exact) mass is 473 g/mol. The lowest BCUT2D eigenvalue weighted by Crippen LogP contribution is -2.15. The Labute approximate surface area is 197 Å². The van der Waals surface area contributed by atoms with Gasteiger partial charge in [-0.05, 0) is 34.2 Å². The van der Waals surface area contributed by atoms with Crippen molar-refractivity contribution in [1.82, 2.24) is 0 Å². The largest absolute Gasteiger partial charge is 0.504 e. The molecule has 0 heterocycles. The third kappa shape index (κ3) is 7.51. The summed E-state index contributed by atoms with van der Waals surface area (Å²) in [5.74, 6) is -3.03.